The van der Waals surface area contributed by atoms with E-state index in [1.54, 1.807) is 42.2 Å². The molecule has 29 heavy (non-hydrogen) atoms. The first-order valence-corrected chi connectivity index (χ1v) is 11.2. The minimum absolute atomic E-state index is 0.194. The van der Waals surface area contributed by atoms with Gasteiger partial charge in [-0.25, -0.2) is 22.4 Å². The highest BCUT2D eigenvalue weighted by molar-refractivity contribution is 7.89. The molecule has 0 bridgehead atoms. The summed E-state index contributed by atoms with van der Waals surface area (Å²) in [6.45, 7) is 2.04. The van der Waals surface area contributed by atoms with Gasteiger partial charge in [0.15, 0.2) is 0 Å². The molecule has 11 heteroatoms. The Morgan fingerprint density at radius 2 is 1.97 bits per heavy atom. The minimum atomic E-state index is -3.50. The molecule has 1 N–H and O–H groups in total. The molecule has 1 atom stereocenters. The maximum atomic E-state index is 12.2. The number of nitrogens with zero attached hydrogens (tertiary/aromatic N) is 6. The van der Waals surface area contributed by atoms with Crippen molar-refractivity contribution in [3.8, 4) is 5.69 Å². The maximum Gasteiger partial charge on any atom is 0.242 e. The third-order valence-electron chi connectivity index (χ3n) is 4.63. The molecule has 4 aromatic rings. The van der Waals surface area contributed by atoms with Gasteiger partial charge in [0, 0.05) is 19.0 Å². The van der Waals surface area contributed by atoms with Gasteiger partial charge in [0.25, 0.3) is 0 Å². The Morgan fingerprint density at radius 3 is 2.62 bits per heavy atom. The van der Waals surface area contributed by atoms with E-state index in [-0.39, 0.29) is 4.90 Å². The second-order valence-electron chi connectivity index (χ2n) is 6.64. The summed E-state index contributed by atoms with van der Waals surface area (Å²) >= 11 is 1.59. The van der Waals surface area contributed by atoms with Crippen molar-refractivity contribution in [2.24, 2.45) is 0 Å². The summed E-state index contributed by atoms with van der Waals surface area (Å²) in [7, 11) is -0.523. The average Bonchev–Trinajstić information content (AvgIpc) is 3.42. The fourth-order valence-corrected chi connectivity index (χ4v) is 5.01. The lowest BCUT2D eigenvalue weighted by atomic mass is 10.1. The summed E-state index contributed by atoms with van der Waals surface area (Å²) in [5.74, 6) is 0. The van der Waals surface area contributed by atoms with Crippen molar-refractivity contribution in [3.63, 3.8) is 0 Å². The van der Waals surface area contributed by atoms with Crippen LogP contribution < -0.4 is 0 Å². The quantitative estimate of drug-likeness (QED) is 0.499. The highest BCUT2D eigenvalue weighted by Gasteiger charge is 2.23. The van der Waals surface area contributed by atoms with Crippen molar-refractivity contribution in [3.05, 3.63) is 59.3 Å². The van der Waals surface area contributed by atoms with Gasteiger partial charge < -0.3 is 5.11 Å². The highest BCUT2D eigenvalue weighted by atomic mass is 32.2. The predicted molar refractivity (Wildman–Crippen MR) is 109 cm³/mol. The second kappa shape index (κ2) is 7.34. The zero-order valence-electron chi connectivity index (χ0n) is 16.1. The van der Waals surface area contributed by atoms with Crippen LogP contribution in [-0.4, -0.2) is 56.3 Å². The molecule has 0 aliphatic rings. The maximum absolute atomic E-state index is 12.2. The van der Waals surface area contributed by atoms with Gasteiger partial charge in [0.1, 0.15) is 23.0 Å². The fraction of sp³-hybridized carbons (Fsp3) is 0.278. The molecule has 1 aromatic carbocycles. The van der Waals surface area contributed by atoms with Crippen LogP contribution in [-0.2, 0) is 16.4 Å². The number of benzene rings is 1. The smallest absolute Gasteiger partial charge is 0.242 e. The first kappa shape index (κ1) is 19.7. The summed E-state index contributed by atoms with van der Waals surface area (Å²) in [5, 5.41) is 19.2. The normalized spacial score (nSPS) is 13.4. The van der Waals surface area contributed by atoms with Gasteiger partial charge in [0.2, 0.25) is 10.0 Å². The Morgan fingerprint density at radius 1 is 1.24 bits per heavy atom. The van der Waals surface area contributed by atoms with E-state index in [4.69, 9.17) is 0 Å². The van der Waals surface area contributed by atoms with E-state index < -0.39 is 16.1 Å². The van der Waals surface area contributed by atoms with Gasteiger partial charge in [-0.2, -0.15) is 0 Å². The molecule has 0 aliphatic heterocycles. The summed E-state index contributed by atoms with van der Waals surface area (Å²) in [6.07, 6.45) is 4.92. The molecule has 0 spiro atoms. The number of sulfonamides is 1. The Kier molecular flexibility index (Phi) is 4.99. The molecule has 3 heterocycles. The molecule has 1 unspecified atom stereocenters. The average molecular weight is 433 g/mol. The molecule has 0 saturated heterocycles. The van der Waals surface area contributed by atoms with Crippen LogP contribution >= 0.6 is 11.3 Å². The summed E-state index contributed by atoms with van der Waals surface area (Å²) in [5.41, 5.74) is 1.78. The van der Waals surface area contributed by atoms with Gasteiger partial charge in [-0.3, -0.25) is 4.40 Å². The molecule has 0 radical (unpaired) electrons. The zero-order chi connectivity index (χ0) is 20.8. The number of aromatic nitrogens is 5. The summed E-state index contributed by atoms with van der Waals surface area (Å²) < 4.78 is 28.9. The number of fused-ring (bicyclic) bond motifs is 1. The fourth-order valence-electron chi connectivity index (χ4n) is 3.04. The third-order valence-corrected chi connectivity index (χ3v) is 7.71. The van der Waals surface area contributed by atoms with Crippen LogP contribution in [0.4, 0.5) is 0 Å². The number of aryl methyl sites for hydroxylation is 1. The first-order valence-electron chi connectivity index (χ1n) is 8.89. The van der Waals surface area contributed by atoms with Crippen LogP contribution in [0, 0.1) is 0 Å². The SMILES string of the molecule is CCc1sc2cncn2c1C(O)c1cn(-c2ccc(S(=O)(=O)N(C)C)cc2)nn1. The largest absolute Gasteiger partial charge is 0.380 e. The van der Waals surface area contributed by atoms with Gasteiger partial charge in [0.05, 0.1) is 28.7 Å². The Balaban J connectivity index is 1.65. The van der Waals surface area contributed by atoms with Gasteiger partial charge >= 0.3 is 0 Å². The number of thiazole rings is 1. The minimum Gasteiger partial charge on any atom is -0.380 e. The monoisotopic (exact) mass is 432 g/mol. The Hall–Kier alpha value is -2.60. The molecular weight excluding hydrogens is 412 g/mol. The van der Waals surface area contributed by atoms with Crippen LogP contribution in [0.15, 0.2) is 47.9 Å². The molecule has 152 valence electrons. The number of aliphatic hydroxyl groups is 1. The summed E-state index contributed by atoms with van der Waals surface area (Å²) in [4.78, 5) is 6.35. The van der Waals surface area contributed by atoms with Crippen LogP contribution in [0.3, 0.4) is 0 Å². The molecule has 0 fully saturated rings. The molecule has 0 saturated carbocycles. The van der Waals surface area contributed by atoms with E-state index in [0.29, 0.717) is 11.4 Å². The van der Waals surface area contributed by atoms with E-state index in [2.05, 4.69) is 15.3 Å². The van der Waals surface area contributed by atoms with Crippen molar-refractivity contribution >= 4 is 26.2 Å². The lowest BCUT2D eigenvalue weighted by Gasteiger charge is -2.11. The first-order chi connectivity index (χ1) is 13.8. The molecule has 9 nitrogen and oxygen atoms in total. The number of hydrogen-bond donors (Lipinski definition) is 1. The Bertz CT molecular complexity index is 1250. The number of aliphatic hydroxyl groups excluding tert-OH is 1. The second-order valence-corrected chi connectivity index (χ2v) is 9.90. The lowest BCUT2D eigenvalue weighted by Crippen LogP contribution is -2.22. The van der Waals surface area contributed by atoms with Crippen LogP contribution in [0.2, 0.25) is 0 Å². The van der Waals surface area contributed by atoms with Crippen molar-refractivity contribution < 1.29 is 13.5 Å². The van der Waals surface area contributed by atoms with E-state index >= 15 is 0 Å². The molecule has 0 amide bonds. The highest BCUT2D eigenvalue weighted by Crippen LogP contribution is 2.31. The molecule has 3 aromatic heterocycles. The van der Waals surface area contributed by atoms with Gasteiger partial charge in [-0.1, -0.05) is 12.1 Å². The molecule has 4 rings (SSSR count). The Labute approximate surface area is 171 Å². The van der Waals surface area contributed by atoms with Crippen molar-refractivity contribution in [1.82, 2.24) is 28.7 Å². The van der Waals surface area contributed by atoms with E-state index in [9.17, 15) is 13.5 Å². The van der Waals surface area contributed by atoms with Crippen molar-refractivity contribution in [2.75, 3.05) is 14.1 Å². The van der Waals surface area contributed by atoms with Crippen LogP contribution in [0.25, 0.3) is 10.5 Å². The third kappa shape index (κ3) is 3.35. The van der Waals surface area contributed by atoms with Gasteiger partial charge in [-0.05, 0) is 30.7 Å². The zero-order valence-corrected chi connectivity index (χ0v) is 17.7. The van der Waals surface area contributed by atoms with Gasteiger partial charge in [-0.15, -0.1) is 16.4 Å². The number of imidazole rings is 1. The molecular formula is C18H20N6O3S2. The van der Waals surface area contributed by atoms with Crippen molar-refractivity contribution in [2.45, 2.75) is 24.3 Å². The lowest BCUT2D eigenvalue weighted by molar-refractivity contribution is 0.208. The summed E-state index contributed by atoms with van der Waals surface area (Å²) in [6, 6.07) is 6.34. The topological polar surface area (TPSA) is 106 Å². The number of rotatable bonds is 6. The number of hydrogen-bond acceptors (Lipinski definition) is 7. The molecule has 0 aliphatic carbocycles. The predicted octanol–water partition coefficient (Wildman–Crippen LogP) is 1.87. The standard InChI is InChI=1S/C18H20N6O3S2/c1-4-15-17(23-11-19-9-16(23)28-15)18(25)14-10-24(21-20-14)12-5-7-13(8-6-12)29(26,27)22(2)3/h5-11,18,25H,4H2,1-3H3. The van der Waals surface area contributed by atoms with Crippen LogP contribution in [0.1, 0.15) is 29.3 Å². The van der Waals surface area contributed by atoms with Crippen molar-refractivity contribution in [1.29, 1.82) is 0 Å². The van der Waals surface area contributed by atoms with E-state index in [1.807, 2.05) is 11.3 Å². The van der Waals surface area contributed by atoms with E-state index in [1.165, 1.54) is 30.9 Å². The van der Waals surface area contributed by atoms with Crippen LogP contribution in [0.5, 0.6) is 0 Å². The van der Waals surface area contributed by atoms with E-state index in [0.717, 1.165) is 26.1 Å².